The molecule has 0 radical (unpaired) electrons. The number of halogens is 5. The van der Waals surface area contributed by atoms with E-state index < -0.39 is 23.1 Å². The molecule has 158 valence electrons. The van der Waals surface area contributed by atoms with E-state index in [1.165, 1.54) is 4.68 Å². The van der Waals surface area contributed by atoms with E-state index in [1.807, 2.05) is 6.07 Å². The molecule has 2 aliphatic rings. The monoisotopic (exact) mass is 457 g/mol. The van der Waals surface area contributed by atoms with E-state index in [0.717, 1.165) is 25.0 Å². The van der Waals surface area contributed by atoms with Crippen LogP contribution in [0, 0.1) is 17.2 Å². The number of carbonyl (C=O) groups is 1. The summed E-state index contributed by atoms with van der Waals surface area (Å²) in [5, 5.41) is 16.5. The van der Waals surface area contributed by atoms with Gasteiger partial charge in [-0.05, 0) is 43.7 Å². The van der Waals surface area contributed by atoms with E-state index in [1.54, 1.807) is 0 Å². The average molecular weight is 458 g/mol. The van der Waals surface area contributed by atoms with Crippen molar-refractivity contribution in [2.75, 3.05) is 11.9 Å². The van der Waals surface area contributed by atoms with Crippen LogP contribution >= 0.6 is 23.2 Å². The number of alkyl halides is 3. The SMILES string of the molecule is N#Cc1nn(-c2c(Cl)cc(C(F)(F)F)cc2Cl)c(NCC2CC2)c1C1(C(N)=O)CC1. The molecule has 0 aliphatic heterocycles. The number of rotatable bonds is 6. The van der Waals surface area contributed by atoms with Gasteiger partial charge in [0.05, 0.1) is 21.0 Å². The van der Waals surface area contributed by atoms with E-state index in [0.29, 0.717) is 36.7 Å². The third kappa shape index (κ3) is 3.48. The second-order valence-electron chi connectivity index (χ2n) is 7.65. The Labute approximate surface area is 179 Å². The summed E-state index contributed by atoms with van der Waals surface area (Å²) in [5.41, 5.74) is 3.85. The number of nitrogens with one attached hydrogen (secondary N) is 1. The molecule has 4 rings (SSSR count). The van der Waals surface area contributed by atoms with Crippen molar-refractivity contribution in [1.82, 2.24) is 9.78 Å². The van der Waals surface area contributed by atoms with Crippen molar-refractivity contribution in [2.45, 2.75) is 37.3 Å². The maximum absolute atomic E-state index is 13.1. The highest BCUT2D eigenvalue weighted by Crippen LogP contribution is 2.53. The van der Waals surface area contributed by atoms with E-state index >= 15 is 0 Å². The summed E-state index contributed by atoms with van der Waals surface area (Å²) >= 11 is 12.3. The Hall–Kier alpha value is -2.44. The van der Waals surface area contributed by atoms with Crippen LogP contribution in [0.4, 0.5) is 19.0 Å². The normalized spacial score (nSPS) is 17.5. The summed E-state index contributed by atoms with van der Waals surface area (Å²) in [5.74, 6) is 0.143. The third-order valence-electron chi connectivity index (χ3n) is 5.50. The first-order valence-electron chi connectivity index (χ1n) is 9.22. The van der Waals surface area contributed by atoms with E-state index in [9.17, 15) is 23.2 Å². The standard InChI is InChI=1S/C19H16Cl2F3N5O/c20-11-5-10(19(22,23)24)6-12(21)15(11)29-16(27-8-9-1-2-9)14(13(7-25)28-29)18(3-4-18)17(26)30/h5-6,9,27H,1-4,8H2,(H2,26,30). The smallest absolute Gasteiger partial charge is 0.369 e. The molecule has 1 aromatic heterocycles. The molecule has 2 aliphatic carbocycles. The molecular formula is C19H16Cl2F3N5O. The fourth-order valence-electron chi connectivity index (χ4n) is 3.51. The van der Waals surface area contributed by atoms with Crippen LogP contribution in [0.2, 0.25) is 10.0 Å². The number of hydrogen-bond donors (Lipinski definition) is 2. The molecule has 1 aromatic carbocycles. The highest BCUT2D eigenvalue weighted by molar-refractivity contribution is 6.38. The number of nitriles is 1. The minimum absolute atomic E-state index is 0.00680. The van der Waals surface area contributed by atoms with E-state index in [-0.39, 0.29) is 21.4 Å². The molecule has 0 bridgehead atoms. The van der Waals surface area contributed by atoms with Crippen molar-refractivity contribution < 1.29 is 18.0 Å². The van der Waals surface area contributed by atoms with Crippen molar-refractivity contribution in [3.8, 4) is 11.8 Å². The lowest BCUT2D eigenvalue weighted by molar-refractivity contribution is -0.137. The number of primary amides is 1. The van der Waals surface area contributed by atoms with Crippen molar-refractivity contribution in [2.24, 2.45) is 11.7 Å². The Balaban J connectivity index is 1.91. The van der Waals surface area contributed by atoms with Gasteiger partial charge in [0.25, 0.3) is 0 Å². The first kappa shape index (κ1) is 20.8. The summed E-state index contributed by atoms with van der Waals surface area (Å²) in [6.45, 7) is 0.550. The van der Waals surface area contributed by atoms with E-state index in [2.05, 4.69) is 10.4 Å². The number of benzene rings is 1. The summed E-state index contributed by atoms with van der Waals surface area (Å²) in [4.78, 5) is 12.2. The van der Waals surface area contributed by atoms with Crippen LogP contribution in [0.15, 0.2) is 12.1 Å². The van der Waals surface area contributed by atoms with Gasteiger partial charge in [0, 0.05) is 12.1 Å². The number of nitrogens with two attached hydrogens (primary N) is 1. The van der Waals surface area contributed by atoms with Gasteiger partial charge in [0.1, 0.15) is 17.6 Å². The quantitative estimate of drug-likeness (QED) is 0.671. The summed E-state index contributed by atoms with van der Waals surface area (Å²) < 4.78 is 40.5. The Bertz CT molecular complexity index is 1060. The summed E-state index contributed by atoms with van der Waals surface area (Å²) in [6, 6.07) is 3.46. The molecule has 2 fully saturated rings. The number of anilines is 1. The van der Waals surface area contributed by atoms with Crippen molar-refractivity contribution in [1.29, 1.82) is 5.26 Å². The molecule has 6 nitrogen and oxygen atoms in total. The Morgan fingerprint density at radius 2 is 1.93 bits per heavy atom. The minimum Gasteiger partial charge on any atom is -0.369 e. The van der Waals surface area contributed by atoms with Crippen LogP contribution in [-0.2, 0) is 16.4 Å². The minimum atomic E-state index is -4.63. The summed E-state index contributed by atoms with van der Waals surface area (Å²) in [7, 11) is 0. The van der Waals surface area contributed by atoms with Crippen LogP contribution < -0.4 is 11.1 Å². The fraction of sp³-hybridized carbons (Fsp3) is 0.421. The fourth-order valence-corrected chi connectivity index (χ4v) is 4.16. The van der Waals surface area contributed by atoms with Crippen LogP contribution in [0.5, 0.6) is 0 Å². The largest absolute Gasteiger partial charge is 0.416 e. The van der Waals surface area contributed by atoms with Crippen molar-refractivity contribution >= 4 is 34.9 Å². The first-order valence-corrected chi connectivity index (χ1v) is 9.98. The molecule has 0 spiro atoms. The molecule has 3 N–H and O–H groups in total. The number of aromatic nitrogens is 2. The number of carbonyl (C=O) groups excluding carboxylic acids is 1. The van der Waals surface area contributed by atoms with Crippen LogP contribution in [0.25, 0.3) is 5.69 Å². The lowest BCUT2D eigenvalue weighted by Crippen LogP contribution is -2.30. The number of nitrogens with zero attached hydrogens (tertiary/aromatic N) is 3. The van der Waals surface area contributed by atoms with Crippen molar-refractivity contribution in [3.05, 3.63) is 39.0 Å². The maximum Gasteiger partial charge on any atom is 0.416 e. The lowest BCUT2D eigenvalue weighted by Gasteiger charge is -2.18. The Morgan fingerprint density at radius 3 is 2.37 bits per heavy atom. The van der Waals surface area contributed by atoms with Gasteiger partial charge in [-0.2, -0.15) is 23.5 Å². The highest BCUT2D eigenvalue weighted by atomic mass is 35.5. The topological polar surface area (TPSA) is 96.7 Å². The Kier molecular flexibility index (Phi) is 4.90. The van der Waals surface area contributed by atoms with Gasteiger partial charge in [-0.25, -0.2) is 4.68 Å². The second kappa shape index (κ2) is 7.06. The molecule has 0 unspecified atom stereocenters. The maximum atomic E-state index is 13.1. The molecule has 2 saturated carbocycles. The summed E-state index contributed by atoms with van der Waals surface area (Å²) in [6.07, 6.45) is -1.66. The molecule has 0 saturated heterocycles. The van der Waals surface area contributed by atoms with Gasteiger partial charge in [0.15, 0.2) is 5.69 Å². The molecule has 2 aromatic rings. The molecule has 0 atom stereocenters. The average Bonchev–Trinajstić information content (AvgIpc) is 3.57. The Morgan fingerprint density at radius 1 is 1.33 bits per heavy atom. The zero-order valence-corrected chi connectivity index (χ0v) is 17.0. The van der Waals surface area contributed by atoms with Gasteiger partial charge in [0.2, 0.25) is 5.91 Å². The van der Waals surface area contributed by atoms with E-state index in [4.69, 9.17) is 28.9 Å². The number of amides is 1. The van der Waals surface area contributed by atoms with Crippen LogP contribution in [-0.4, -0.2) is 22.2 Å². The predicted molar refractivity (Wildman–Crippen MR) is 105 cm³/mol. The van der Waals surface area contributed by atoms with Gasteiger partial charge >= 0.3 is 6.18 Å². The zero-order chi connectivity index (χ0) is 21.8. The number of hydrogen-bond acceptors (Lipinski definition) is 4. The lowest BCUT2D eigenvalue weighted by atomic mass is 9.94. The molecule has 1 amide bonds. The predicted octanol–water partition coefficient (Wildman–Crippen LogP) is 4.41. The van der Waals surface area contributed by atoms with Crippen LogP contribution in [0.3, 0.4) is 0 Å². The van der Waals surface area contributed by atoms with Gasteiger partial charge < -0.3 is 11.1 Å². The van der Waals surface area contributed by atoms with Gasteiger partial charge in [-0.3, -0.25) is 4.79 Å². The molecule has 1 heterocycles. The van der Waals surface area contributed by atoms with Crippen LogP contribution in [0.1, 0.15) is 42.5 Å². The van der Waals surface area contributed by atoms with Crippen molar-refractivity contribution in [3.63, 3.8) is 0 Å². The zero-order valence-electron chi connectivity index (χ0n) is 15.5. The molecule has 30 heavy (non-hydrogen) atoms. The van der Waals surface area contributed by atoms with Gasteiger partial charge in [-0.15, -0.1) is 0 Å². The second-order valence-corrected chi connectivity index (χ2v) is 8.47. The van der Waals surface area contributed by atoms with Gasteiger partial charge in [-0.1, -0.05) is 23.2 Å². The first-order chi connectivity index (χ1) is 14.1. The highest BCUT2D eigenvalue weighted by Gasteiger charge is 2.54. The molecular weight excluding hydrogens is 442 g/mol. The molecule has 11 heteroatoms. The third-order valence-corrected chi connectivity index (χ3v) is 6.08.